The van der Waals surface area contributed by atoms with Crippen LogP contribution in [0.1, 0.15) is 23.8 Å². The number of aliphatic hydroxyl groups excluding tert-OH is 1. The number of amides is 1. The summed E-state index contributed by atoms with van der Waals surface area (Å²) in [7, 11) is 0. The van der Waals surface area contributed by atoms with E-state index < -0.39 is 0 Å². The van der Waals surface area contributed by atoms with E-state index in [1.165, 1.54) is 4.88 Å². The number of aromatic nitrogens is 2. The first-order chi connectivity index (χ1) is 13.2. The van der Waals surface area contributed by atoms with Gasteiger partial charge in [0.2, 0.25) is 5.91 Å². The molecule has 2 aromatic rings. The lowest BCUT2D eigenvalue weighted by molar-refractivity contribution is -0.135. The number of carbonyl (C=O) groups excluding carboxylic acids is 1. The van der Waals surface area contributed by atoms with Crippen molar-refractivity contribution in [2.24, 2.45) is 5.92 Å². The van der Waals surface area contributed by atoms with Gasteiger partial charge in [0.1, 0.15) is 6.61 Å². The van der Waals surface area contributed by atoms with E-state index in [2.05, 4.69) is 27.9 Å². The minimum absolute atomic E-state index is 0.0681. The molecule has 6 nitrogen and oxygen atoms in total. The van der Waals surface area contributed by atoms with Gasteiger partial charge in [-0.05, 0) is 18.6 Å². The third kappa shape index (κ3) is 5.67. The lowest BCUT2D eigenvalue weighted by Crippen LogP contribution is -2.39. The molecular formula is C20H26N4O2S. The Morgan fingerprint density at radius 2 is 2.26 bits per heavy atom. The first kappa shape index (κ1) is 19.6. The molecule has 0 aliphatic carbocycles. The predicted octanol–water partition coefficient (Wildman–Crippen LogP) is 1.66. The monoisotopic (exact) mass is 386 g/mol. The van der Waals surface area contributed by atoms with Crippen LogP contribution in [0.15, 0.2) is 29.9 Å². The topological polar surface area (TPSA) is 61.6 Å². The van der Waals surface area contributed by atoms with Gasteiger partial charge in [0.25, 0.3) is 0 Å². The summed E-state index contributed by atoms with van der Waals surface area (Å²) in [6.45, 7) is 6.84. The molecule has 3 heterocycles. The van der Waals surface area contributed by atoms with E-state index in [-0.39, 0.29) is 18.4 Å². The molecule has 1 atom stereocenters. The second-order valence-corrected chi connectivity index (χ2v) is 7.84. The van der Waals surface area contributed by atoms with Gasteiger partial charge in [-0.3, -0.25) is 14.4 Å². The quantitative estimate of drug-likeness (QED) is 0.794. The van der Waals surface area contributed by atoms with Gasteiger partial charge in [0.15, 0.2) is 0 Å². The second kappa shape index (κ2) is 9.70. The van der Waals surface area contributed by atoms with E-state index in [0.29, 0.717) is 6.54 Å². The molecule has 1 N–H and O–H groups in total. The van der Waals surface area contributed by atoms with Gasteiger partial charge in [0.05, 0.1) is 12.5 Å². The van der Waals surface area contributed by atoms with Crippen LogP contribution in [0.25, 0.3) is 0 Å². The molecular weight excluding hydrogens is 360 g/mol. The van der Waals surface area contributed by atoms with E-state index in [1.807, 2.05) is 34.1 Å². The van der Waals surface area contributed by atoms with Gasteiger partial charge >= 0.3 is 0 Å². The van der Waals surface area contributed by atoms with E-state index in [0.717, 1.165) is 44.7 Å². The van der Waals surface area contributed by atoms with Crippen LogP contribution in [0.4, 0.5) is 0 Å². The van der Waals surface area contributed by atoms with Crippen LogP contribution in [0.2, 0.25) is 0 Å². The summed E-state index contributed by atoms with van der Waals surface area (Å²) in [4.78, 5) is 18.5. The predicted molar refractivity (Wildman–Crippen MR) is 106 cm³/mol. The maximum absolute atomic E-state index is 12.8. The number of carbonyl (C=O) groups is 1. The minimum Gasteiger partial charge on any atom is -0.384 e. The van der Waals surface area contributed by atoms with E-state index in [1.54, 1.807) is 17.5 Å². The van der Waals surface area contributed by atoms with Crippen LogP contribution in [-0.4, -0.2) is 63.4 Å². The average molecular weight is 387 g/mol. The molecule has 3 rings (SSSR count). The summed E-state index contributed by atoms with van der Waals surface area (Å²) in [6.07, 6.45) is 4.63. The molecule has 1 aliphatic rings. The molecule has 1 saturated heterocycles. The van der Waals surface area contributed by atoms with Crippen molar-refractivity contribution in [1.82, 2.24) is 19.6 Å². The molecule has 0 bridgehead atoms. The van der Waals surface area contributed by atoms with Gasteiger partial charge in [-0.15, -0.1) is 11.3 Å². The van der Waals surface area contributed by atoms with Crippen molar-refractivity contribution in [2.75, 3.05) is 32.8 Å². The van der Waals surface area contributed by atoms with Gasteiger partial charge in [-0.25, -0.2) is 0 Å². The summed E-state index contributed by atoms with van der Waals surface area (Å²) >= 11 is 1.70. The highest BCUT2D eigenvalue weighted by Crippen LogP contribution is 2.18. The molecule has 0 radical (unpaired) electrons. The fourth-order valence-corrected chi connectivity index (χ4v) is 4.18. The molecule has 1 fully saturated rings. The highest BCUT2D eigenvalue weighted by Gasteiger charge is 2.24. The number of thiophene rings is 1. The lowest BCUT2D eigenvalue weighted by Gasteiger charge is -2.24. The Hall–Kier alpha value is -2.14. The lowest BCUT2D eigenvalue weighted by atomic mass is 10.1. The standard InChI is InChI=1S/C20H26N4O2S/c1-17(14-24-9-3-6-21-24)20(26)23-8-4-7-22(10-11-23)15-19-13-18(16-27-19)5-2-12-25/h3,6,9,13,16-17,25H,4,7-8,10-12,14-15H2,1H3. The summed E-state index contributed by atoms with van der Waals surface area (Å²) in [6, 6.07) is 3.97. The van der Waals surface area contributed by atoms with Gasteiger partial charge in [0, 0.05) is 60.9 Å². The van der Waals surface area contributed by atoms with Crippen molar-refractivity contribution < 1.29 is 9.90 Å². The highest BCUT2D eigenvalue weighted by molar-refractivity contribution is 7.10. The Kier molecular flexibility index (Phi) is 7.04. The molecule has 1 amide bonds. The van der Waals surface area contributed by atoms with Gasteiger partial charge in [-0.1, -0.05) is 18.8 Å². The molecule has 0 spiro atoms. The molecule has 0 saturated carbocycles. The normalized spacial score (nSPS) is 16.4. The molecule has 1 aliphatic heterocycles. The molecule has 144 valence electrons. The second-order valence-electron chi connectivity index (χ2n) is 6.85. The zero-order chi connectivity index (χ0) is 19.1. The maximum atomic E-state index is 12.8. The van der Waals surface area contributed by atoms with Crippen molar-refractivity contribution >= 4 is 17.2 Å². The molecule has 0 aromatic carbocycles. The van der Waals surface area contributed by atoms with Crippen LogP contribution < -0.4 is 0 Å². The van der Waals surface area contributed by atoms with Crippen LogP contribution in [-0.2, 0) is 17.9 Å². The first-order valence-electron chi connectivity index (χ1n) is 9.31. The Bertz CT molecular complexity index is 791. The molecule has 27 heavy (non-hydrogen) atoms. The van der Waals surface area contributed by atoms with Gasteiger partial charge in [-0.2, -0.15) is 5.10 Å². The van der Waals surface area contributed by atoms with Crippen LogP contribution in [0, 0.1) is 17.8 Å². The van der Waals surface area contributed by atoms with Crippen molar-refractivity contribution in [1.29, 1.82) is 0 Å². The third-order valence-corrected chi connectivity index (χ3v) is 5.61. The maximum Gasteiger partial charge on any atom is 0.227 e. The SMILES string of the molecule is CC(Cn1cccn1)C(=O)N1CCCN(Cc2cc(C#CCO)cs2)CC1. The highest BCUT2D eigenvalue weighted by atomic mass is 32.1. The van der Waals surface area contributed by atoms with Crippen LogP contribution >= 0.6 is 11.3 Å². The molecule has 1 unspecified atom stereocenters. The number of rotatable bonds is 5. The summed E-state index contributed by atoms with van der Waals surface area (Å²) in [5.41, 5.74) is 0.961. The number of hydrogen-bond donors (Lipinski definition) is 1. The fraction of sp³-hybridized carbons (Fsp3) is 0.500. The Labute approximate surface area is 164 Å². The van der Waals surface area contributed by atoms with Crippen LogP contribution in [0.3, 0.4) is 0 Å². The first-order valence-corrected chi connectivity index (χ1v) is 10.2. The van der Waals surface area contributed by atoms with Crippen LogP contribution in [0.5, 0.6) is 0 Å². The zero-order valence-corrected chi connectivity index (χ0v) is 16.5. The van der Waals surface area contributed by atoms with E-state index >= 15 is 0 Å². The Balaban J connectivity index is 1.50. The number of nitrogens with zero attached hydrogens (tertiary/aromatic N) is 4. The van der Waals surface area contributed by atoms with Crippen molar-refractivity contribution in [3.05, 3.63) is 40.3 Å². The average Bonchev–Trinajstić information content (AvgIpc) is 3.28. The zero-order valence-electron chi connectivity index (χ0n) is 15.7. The largest absolute Gasteiger partial charge is 0.384 e. The Morgan fingerprint density at radius 1 is 1.37 bits per heavy atom. The number of aliphatic hydroxyl groups is 1. The summed E-state index contributed by atoms with van der Waals surface area (Å²) in [5.74, 6) is 5.78. The summed E-state index contributed by atoms with van der Waals surface area (Å²) in [5, 5.41) is 15.0. The smallest absolute Gasteiger partial charge is 0.227 e. The fourth-order valence-electron chi connectivity index (χ4n) is 3.32. The molecule has 7 heteroatoms. The Morgan fingerprint density at radius 3 is 3.04 bits per heavy atom. The van der Waals surface area contributed by atoms with Gasteiger partial charge < -0.3 is 10.0 Å². The van der Waals surface area contributed by atoms with Crippen molar-refractivity contribution in [3.63, 3.8) is 0 Å². The van der Waals surface area contributed by atoms with E-state index in [9.17, 15) is 4.79 Å². The van der Waals surface area contributed by atoms with E-state index in [4.69, 9.17) is 5.11 Å². The summed E-state index contributed by atoms with van der Waals surface area (Å²) < 4.78 is 1.82. The molecule has 2 aromatic heterocycles. The number of hydrogen-bond acceptors (Lipinski definition) is 5. The van der Waals surface area contributed by atoms with Crippen molar-refractivity contribution in [2.45, 2.75) is 26.4 Å². The third-order valence-electron chi connectivity index (χ3n) is 4.69. The van der Waals surface area contributed by atoms with Crippen molar-refractivity contribution in [3.8, 4) is 11.8 Å². The minimum atomic E-state index is -0.111.